The van der Waals surface area contributed by atoms with E-state index in [1.807, 2.05) is 19.1 Å². The standard InChI is InChI=1S/C13H15FO2S/c1-9-2-4-10(5-3-9)13(15)16-7-12-6-11(14)8-17-12/h2-5,11-12H,6-8H2,1H3. The molecule has 2 nitrogen and oxygen atoms in total. The summed E-state index contributed by atoms with van der Waals surface area (Å²) in [6.45, 7) is 2.27. The first kappa shape index (κ1) is 12.4. The zero-order valence-corrected chi connectivity index (χ0v) is 10.5. The molecule has 1 aromatic carbocycles. The molecule has 0 bridgehead atoms. The third kappa shape index (κ3) is 3.46. The van der Waals surface area contributed by atoms with E-state index in [4.69, 9.17) is 4.74 Å². The Balaban J connectivity index is 1.83. The number of halogens is 1. The summed E-state index contributed by atoms with van der Waals surface area (Å²) in [7, 11) is 0. The zero-order chi connectivity index (χ0) is 12.3. The minimum atomic E-state index is -0.747. The van der Waals surface area contributed by atoms with Crippen molar-refractivity contribution in [2.75, 3.05) is 12.4 Å². The van der Waals surface area contributed by atoms with Crippen molar-refractivity contribution in [3.63, 3.8) is 0 Å². The van der Waals surface area contributed by atoms with Gasteiger partial charge in [-0.15, -0.1) is 0 Å². The van der Waals surface area contributed by atoms with Crippen molar-refractivity contribution in [3.8, 4) is 0 Å². The fourth-order valence-corrected chi connectivity index (χ4v) is 2.85. The first-order chi connectivity index (χ1) is 8.15. The molecule has 0 aromatic heterocycles. The molecule has 2 unspecified atom stereocenters. The summed E-state index contributed by atoms with van der Waals surface area (Å²) >= 11 is 1.54. The Kier molecular flexibility index (Phi) is 4.05. The Morgan fingerprint density at radius 1 is 1.47 bits per heavy atom. The van der Waals surface area contributed by atoms with Gasteiger partial charge in [0.2, 0.25) is 0 Å². The molecule has 17 heavy (non-hydrogen) atoms. The van der Waals surface area contributed by atoms with Gasteiger partial charge in [0.15, 0.2) is 0 Å². The summed E-state index contributed by atoms with van der Waals surface area (Å²) < 4.78 is 18.1. The van der Waals surface area contributed by atoms with Gasteiger partial charge in [-0.2, -0.15) is 11.8 Å². The van der Waals surface area contributed by atoms with Gasteiger partial charge in [0.25, 0.3) is 0 Å². The Hall–Kier alpha value is -1.03. The number of rotatable bonds is 3. The van der Waals surface area contributed by atoms with E-state index in [9.17, 15) is 9.18 Å². The van der Waals surface area contributed by atoms with Crippen LogP contribution in [0.2, 0.25) is 0 Å². The summed E-state index contributed by atoms with van der Waals surface area (Å²) in [5, 5.41) is 0.111. The number of thioether (sulfide) groups is 1. The smallest absolute Gasteiger partial charge is 0.338 e. The second kappa shape index (κ2) is 5.54. The van der Waals surface area contributed by atoms with Crippen molar-refractivity contribution in [1.82, 2.24) is 0 Å². The highest BCUT2D eigenvalue weighted by molar-refractivity contribution is 8.00. The minimum absolute atomic E-state index is 0.111. The molecule has 1 aliphatic rings. The molecule has 1 heterocycles. The Morgan fingerprint density at radius 3 is 2.76 bits per heavy atom. The first-order valence-corrected chi connectivity index (χ1v) is 6.69. The lowest BCUT2D eigenvalue weighted by molar-refractivity contribution is 0.0501. The van der Waals surface area contributed by atoms with Gasteiger partial charge in [-0.3, -0.25) is 0 Å². The molecule has 4 heteroatoms. The van der Waals surface area contributed by atoms with Crippen LogP contribution in [0.15, 0.2) is 24.3 Å². The van der Waals surface area contributed by atoms with Gasteiger partial charge in [-0.05, 0) is 25.5 Å². The zero-order valence-electron chi connectivity index (χ0n) is 9.69. The van der Waals surface area contributed by atoms with E-state index >= 15 is 0 Å². The van der Waals surface area contributed by atoms with Crippen molar-refractivity contribution in [2.24, 2.45) is 0 Å². The number of alkyl halides is 1. The van der Waals surface area contributed by atoms with Crippen LogP contribution in [-0.2, 0) is 4.74 Å². The largest absolute Gasteiger partial charge is 0.461 e. The molecule has 1 aliphatic heterocycles. The lowest BCUT2D eigenvalue weighted by Crippen LogP contribution is -2.15. The van der Waals surface area contributed by atoms with E-state index in [1.165, 1.54) is 11.8 Å². The first-order valence-electron chi connectivity index (χ1n) is 5.64. The third-order valence-corrected chi connectivity index (χ3v) is 4.07. The lowest BCUT2D eigenvalue weighted by Gasteiger charge is -2.09. The van der Waals surface area contributed by atoms with E-state index in [-0.39, 0.29) is 11.2 Å². The van der Waals surface area contributed by atoms with Crippen LogP contribution in [0.25, 0.3) is 0 Å². The third-order valence-electron chi connectivity index (χ3n) is 2.72. The fraction of sp³-hybridized carbons (Fsp3) is 0.462. The fourth-order valence-electron chi connectivity index (χ4n) is 1.72. The highest BCUT2D eigenvalue weighted by Crippen LogP contribution is 2.28. The summed E-state index contributed by atoms with van der Waals surface area (Å²) in [6.07, 6.45) is -0.255. The van der Waals surface area contributed by atoms with E-state index in [0.717, 1.165) is 5.56 Å². The number of esters is 1. The SMILES string of the molecule is Cc1ccc(C(=O)OCC2CC(F)CS2)cc1. The molecule has 0 aliphatic carbocycles. The van der Waals surface area contributed by atoms with Crippen LogP contribution in [0.1, 0.15) is 22.3 Å². The molecule has 1 saturated heterocycles. The molecule has 0 N–H and O–H groups in total. The molecule has 92 valence electrons. The number of carbonyl (C=O) groups is 1. The second-order valence-electron chi connectivity index (χ2n) is 4.25. The van der Waals surface area contributed by atoms with Crippen LogP contribution in [0.5, 0.6) is 0 Å². The van der Waals surface area contributed by atoms with Crippen molar-refractivity contribution < 1.29 is 13.9 Å². The van der Waals surface area contributed by atoms with Crippen LogP contribution in [0.3, 0.4) is 0 Å². The van der Waals surface area contributed by atoms with Gasteiger partial charge in [-0.1, -0.05) is 17.7 Å². The highest BCUT2D eigenvalue weighted by atomic mass is 32.2. The maximum absolute atomic E-state index is 12.9. The predicted molar refractivity (Wildman–Crippen MR) is 67.2 cm³/mol. The summed E-state index contributed by atoms with van der Waals surface area (Å²) in [5.74, 6) is 0.195. The van der Waals surface area contributed by atoms with E-state index < -0.39 is 6.17 Å². The summed E-state index contributed by atoms with van der Waals surface area (Å²) in [6, 6.07) is 7.24. The van der Waals surface area contributed by atoms with Gasteiger partial charge in [0, 0.05) is 11.0 Å². The van der Waals surface area contributed by atoms with Crippen molar-refractivity contribution in [3.05, 3.63) is 35.4 Å². The molecule has 1 aromatic rings. The topological polar surface area (TPSA) is 26.3 Å². The molecule has 2 atom stereocenters. The Bertz CT molecular complexity index is 391. The quantitative estimate of drug-likeness (QED) is 0.776. The highest BCUT2D eigenvalue weighted by Gasteiger charge is 2.26. The van der Waals surface area contributed by atoms with Gasteiger partial charge in [0.05, 0.1) is 5.56 Å². The molecule has 0 radical (unpaired) electrons. The molecule has 2 rings (SSSR count). The average Bonchev–Trinajstić information content (AvgIpc) is 2.73. The van der Waals surface area contributed by atoms with Gasteiger partial charge in [0.1, 0.15) is 12.8 Å². The molecule has 0 amide bonds. The van der Waals surface area contributed by atoms with E-state index in [0.29, 0.717) is 24.3 Å². The summed E-state index contributed by atoms with van der Waals surface area (Å²) in [5.41, 5.74) is 1.66. The van der Waals surface area contributed by atoms with Crippen molar-refractivity contribution in [1.29, 1.82) is 0 Å². The van der Waals surface area contributed by atoms with E-state index in [1.54, 1.807) is 12.1 Å². The number of hydrogen-bond donors (Lipinski definition) is 0. The van der Waals surface area contributed by atoms with Gasteiger partial charge < -0.3 is 4.74 Å². The number of carbonyl (C=O) groups excluding carboxylic acids is 1. The molecule has 1 fully saturated rings. The van der Waals surface area contributed by atoms with Crippen LogP contribution in [0, 0.1) is 6.92 Å². The Labute approximate surface area is 105 Å². The number of hydrogen-bond acceptors (Lipinski definition) is 3. The maximum atomic E-state index is 12.9. The molecule has 0 spiro atoms. The van der Waals surface area contributed by atoms with Gasteiger partial charge in [-0.25, -0.2) is 9.18 Å². The second-order valence-corrected chi connectivity index (χ2v) is 5.59. The van der Waals surface area contributed by atoms with E-state index in [2.05, 4.69) is 0 Å². The van der Waals surface area contributed by atoms with Crippen molar-refractivity contribution >= 4 is 17.7 Å². The number of benzene rings is 1. The number of ether oxygens (including phenoxy) is 1. The molecular weight excluding hydrogens is 239 g/mol. The van der Waals surface area contributed by atoms with Crippen LogP contribution in [0.4, 0.5) is 4.39 Å². The monoisotopic (exact) mass is 254 g/mol. The molecular formula is C13H15FO2S. The maximum Gasteiger partial charge on any atom is 0.338 e. The van der Waals surface area contributed by atoms with Crippen molar-refractivity contribution in [2.45, 2.75) is 24.8 Å². The van der Waals surface area contributed by atoms with Crippen LogP contribution in [-0.4, -0.2) is 29.8 Å². The van der Waals surface area contributed by atoms with Gasteiger partial charge >= 0.3 is 5.97 Å². The average molecular weight is 254 g/mol. The Morgan fingerprint density at radius 2 is 2.18 bits per heavy atom. The summed E-state index contributed by atoms with van der Waals surface area (Å²) in [4.78, 5) is 11.7. The predicted octanol–water partition coefficient (Wildman–Crippen LogP) is 3.00. The molecule has 0 saturated carbocycles. The minimum Gasteiger partial charge on any atom is -0.461 e. The van der Waals surface area contributed by atoms with Crippen LogP contribution < -0.4 is 0 Å². The normalized spacial score (nSPS) is 23.6. The number of aryl methyl sites for hydroxylation is 1. The lowest BCUT2D eigenvalue weighted by atomic mass is 10.1. The van der Waals surface area contributed by atoms with Crippen LogP contribution >= 0.6 is 11.8 Å².